The smallest absolute Gasteiger partial charge is 0.263 e. The molecule has 1 heterocycles. The minimum Gasteiger partial charge on any atom is -0.307 e. The minimum atomic E-state index is -0.119. The SMILES string of the molecule is Cc1ccc(Sc2ccccc2C=C2SC(=S)NC2=O)c(C)c1. The molecule has 0 radical (unpaired) electrons. The van der Waals surface area contributed by atoms with Gasteiger partial charge in [-0.2, -0.15) is 0 Å². The summed E-state index contributed by atoms with van der Waals surface area (Å²) < 4.78 is 0.515. The van der Waals surface area contributed by atoms with Gasteiger partial charge in [0.25, 0.3) is 5.91 Å². The Morgan fingerprint density at radius 1 is 1.13 bits per heavy atom. The van der Waals surface area contributed by atoms with Crippen molar-refractivity contribution in [1.82, 2.24) is 5.32 Å². The standard InChI is InChI=1S/C18H15NOS3/c1-11-7-8-14(12(2)9-11)22-15-6-4-3-5-13(15)10-16-17(20)19-18(21)23-16/h3-10H,1-2H3,(H,19,20,21). The zero-order valence-corrected chi connectivity index (χ0v) is 15.2. The van der Waals surface area contributed by atoms with Crippen LogP contribution in [0.2, 0.25) is 0 Å². The highest BCUT2D eigenvalue weighted by molar-refractivity contribution is 8.26. The Hall–Kier alpha value is -1.56. The molecule has 0 atom stereocenters. The molecule has 3 rings (SSSR count). The largest absolute Gasteiger partial charge is 0.307 e. The van der Waals surface area contributed by atoms with E-state index in [0.29, 0.717) is 9.23 Å². The van der Waals surface area contributed by atoms with Gasteiger partial charge in [0, 0.05) is 9.79 Å². The van der Waals surface area contributed by atoms with Crippen molar-refractivity contribution in [2.45, 2.75) is 23.6 Å². The van der Waals surface area contributed by atoms with Crippen LogP contribution >= 0.6 is 35.7 Å². The Morgan fingerprint density at radius 2 is 1.91 bits per heavy atom. The van der Waals surface area contributed by atoms with Gasteiger partial charge in [-0.25, -0.2) is 0 Å². The third-order valence-electron chi connectivity index (χ3n) is 3.40. The molecule has 0 aliphatic carbocycles. The normalized spacial score (nSPS) is 16.0. The quantitative estimate of drug-likeness (QED) is 0.622. The second kappa shape index (κ2) is 6.91. The summed E-state index contributed by atoms with van der Waals surface area (Å²) in [5.74, 6) is -0.119. The molecule has 2 aromatic rings. The summed E-state index contributed by atoms with van der Waals surface area (Å²) in [6, 6.07) is 14.5. The van der Waals surface area contributed by atoms with E-state index in [2.05, 4.69) is 43.4 Å². The molecule has 1 saturated heterocycles. The van der Waals surface area contributed by atoms with E-state index in [1.54, 1.807) is 11.8 Å². The molecule has 5 heteroatoms. The van der Waals surface area contributed by atoms with Gasteiger partial charge in [0.2, 0.25) is 0 Å². The third-order valence-corrected chi connectivity index (χ3v) is 5.83. The second-order valence-corrected chi connectivity index (χ2v) is 8.06. The summed E-state index contributed by atoms with van der Waals surface area (Å²) in [5.41, 5.74) is 3.54. The van der Waals surface area contributed by atoms with E-state index in [9.17, 15) is 4.79 Å². The van der Waals surface area contributed by atoms with Gasteiger partial charge >= 0.3 is 0 Å². The van der Waals surface area contributed by atoms with Crippen molar-refractivity contribution < 1.29 is 4.79 Å². The summed E-state index contributed by atoms with van der Waals surface area (Å²) in [4.78, 5) is 14.8. The number of nitrogens with one attached hydrogen (secondary N) is 1. The van der Waals surface area contributed by atoms with Crippen LogP contribution in [0.4, 0.5) is 0 Å². The average Bonchev–Trinajstić information content (AvgIpc) is 2.82. The highest BCUT2D eigenvalue weighted by Crippen LogP contribution is 2.35. The lowest BCUT2D eigenvalue weighted by molar-refractivity contribution is -0.115. The van der Waals surface area contributed by atoms with Gasteiger partial charge in [-0.15, -0.1) is 0 Å². The molecule has 1 aliphatic rings. The molecule has 2 nitrogen and oxygen atoms in total. The summed E-state index contributed by atoms with van der Waals surface area (Å²) >= 11 is 8.07. The first-order chi connectivity index (χ1) is 11.0. The van der Waals surface area contributed by atoms with E-state index < -0.39 is 0 Å². The van der Waals surface area contributed by atoms with E-state index in [4.69, 9.17) is 12.2 Å². The zero-order chi connectivity index (χ0) is 16.4. The summed E-state index contributed by atoms with van der Waals surface area (Å²) in [6.45, 7) is 4.22. The molecular weight excluding hydrogens is 342 g/mol. The van der Waals surface area contributed by atoms with Crippen molar-refractivity contribution >= 4 is 52.0 Å². The van der Waals surface area contributed by atoms with E-state index >= 15 is 0 Å². The maximum atomic E-state index is 11.9. The summed E-state index contributed by atoms with van der Waals surface area (Å²) in [7, 11) is 0. The first-order valence-corrected chi connectivity index (χ1v) is 9.16. The fraction of sp³-hybridized carbons (Fsp3) is 0.111. The molecule has 0 aromatic heterocycles. The molecule has 0 saturated carbocycles. The predicted molar refractivity (Wildman–Crippen MR) is 103 cm³/mol. The van der Waals surface area contributed by atoms with Gasteiger partial charge in [-0.05, 0) is 43.2 Å². The number of carbonyl (C=O) groups is 1. The van der Waals surface area contributed by atoms with E-state index in [0.717, 1.165) is 10.5 Å². The van der Waals surface area contributed by atoms with Gasteiger partial charge in [-0.3, -0.25) is 4.79 Å². The number of hydrogen-bond donors (Lipinski definition) is 1. The first kappa shape index (κ1) is 16.3. The maximum Gasteiger partial charge on any atom is 0.263 e. The van der Waals surface area contributed by atoms with Crippen LogP contribution in [0.1, 0.15) is 16.7 Å². The van der Waals surface area contributed by atoms with Crippen molar-refractivity contribution in [1.29, 1.82) is 0 Å². The Bertz CT molecular complexity index is 827. The molecule has 0 unspecified atom stereocenters. The van der Waals surface area contributed by atoms with Crippen LogP contribution in [0.3, 0.4) is 0 Å². The van der Waals surface area contributed by atoms with Crippen molar-refractivity contribution in [3.8, 4) is 0 Å². The molecule has 0 bridgehead atoms. The fourth-order valence-electron chi connectivity index (χ4n) is 2.29. The van der Waals surface area contributed by atoms with Crippen LogP contribution in [-0.2, 0) is 4.79 Å². The lowest BCUT2D eigenvalue weighted by Gasteiger charge is -2.09. The molecule has 1 fully saturated rings. The number of hydrogen-bond acceptors (Lipinski definition) is 4. The van der Waals surface area contributed by atoms with Crippen LogP contribution < -0.4 is 5.32 Å². The van der Waals surface area contributed by atoms with Gasteiger partial charge in [0.05, 0.1) is 4.91 Å². The summed E-state index contributed by atoms with van der Waals surface area (Å²) in [6.07, 6.45) is 1.91. The lowest BCUT2D eigenvalue weighted by Crippen LogP contribution is -2.17. The highest BCUT2D eigenvalue weighted by Gasteiger charge is 2.22. The number of thioether (sulfide) groups is 1. The van der Waals surface area contributed by atoms with Gasteiger partial charge in [0.1, 0.15) is 4.32 Å². The fourth-order valence-corrected chi connectivity index (χ4v) is 4.31. The molecule has 1 amide bonds. The van der Waals surface area contributed by atoms with E-state index in [1.165, 1.54) is 27.8 Å². The van der Waals surface area contributed by atoms with Crippen LogP contribution in [-0.4, -0.2) is 10.2 Å². The Kier molecular flexibility index (Phi) is 4.90. The van der Waals surface area contributed by atoms with E-state index in [-0.39, 0.29) is 5.91 Å². The van der Waals surface area contributed by atoms with E-state index in [1.807, 2.05) is 24.3 Å². The van der Waals surface area contributed by atoms with Crippen molar-refractivity contribution in [3.05, 3.63) is 64.1 Å². The Morgan fingerprint density at radius 3 is 2.61 bits per heavy atom. The molecular formula is C18H15NOS3. The average molecular weight is 358 g/mol. The maximum absolute atomic E-state index is 11.9. The number of thiocarbonyl (C=S) groups is 1. The Labute approximate surface area is 149 Å². The van der Waals surface area contributed by atoms with Crippen LogP contribution in [0, 0.1) is 13.8 Å². The third kappa shape index (κ3) is 3.86. The van der Waals surface area contributed by atoms with Gasteiger partial charge < -0.3 is 5.32 Å². The monoisotopic (exact) mass is 357 g/mol. The van der Waals surface area contributed by atoms with Crippen molar-refractivity contribution in [2.24, 2.45) is 0 Å². The topological polar surface area (TPSA) is 29.1 Å². The van der Waals surface area contributed by atoms with Crippen molar-refractivity contribution in [3.63, 3.8) is 0 Å². The molecule has 1 aliphatic heterocycles. The summed E-state index contributed by atoms with van der Waals surface area (Å²) in [5, 5.41) is 2.65. The number of aryl methyl sites for hydroxylation is 2. The van der Waals surface area contributed by atoms with Gasteiger partial charge in [0.15, 0.2) is 0 Å². The number of rotatable bonds is 3. The number of amides is 1. The molecule has 116 valence electrons. The minimum absolute atomic E-state index is 0.119. The zero-order valence-electron chi connectivity index (χ0n) is 12.8. The molecule has 2 aromatic carbocycles. The van der Waals surface area contributed by atoms with Crippen LogP contribution in [0.5, 0.6) is 0 Å². The first-order valence-electron chi connectivity index (χ1n) is 7.12. The lowest BCUT2D eigenvalue weighted by atomic mass is 10.2. The predicted octanol–water partition coefficient (Wildman–Crippen LogP) is 4.94. The molecule has 23 heavy (non-hydrogen) atoms. The molecule has 1 N–H and O–H groups in total. The molecule has 0 spiro atoms. The van der Waals surface area contributed by atoms with Crippen molar-refractivity contribution in [2.75, 3.05) is 0 Å². The number of benzene rings is 2. The highest BCUT2D eigenvalue weighted by atomic mass is 32.2. The number of carbonyl (C=O) groups excluding carboxylic acids is 1. The van der Waals surface area contributed by atoms with Crippen LogP contribution in [0.15, 0.2) is 57.2 Å². The second-order valence-electron chi connectivity index (χ2n) is 5.26. The van der Waals surface area contributed by atoms with Gasteiger partial charge in [-0.1, -0.05) is 71.6 Å². The Balaban J connectivity index is 1.94. The van der Waals surface area contributed by atoms with Crippen LogP contribution in [0.25, 0.3) is 6.08 Å².